The lowest BCUT2D eigenvalue weighted by atomic mass is 10.1. The SMILES string of the molecule is CCNC(=NCc1cc(OC)c(OC)cc1OC)NCC1CCCS1. The van der Waals surface area contributed by atoms with Crippen LogP contribution in [0.5, 0.6) is 17.2 Å². The Hall–Kier alpha value is -1.76. The Balaban J connectivity index is 2.09. The van der Waals surface area contributed by atoms with Crippen LogP contribution in [0.3, 0.4) is 0 Å². The highest BCUT2D eigenvalue weighted by Gasteiger charge is 2.16. The van der Waals surface area contributed by atoms with E-state index in [2.05, 4.69) is 17.6 Å². The van der Waals surface area contributed by atoms with E-state index < -0.39 is 0 Å². The van der Waals surface area contributed by atoms with E-state index in [1.165, 1.54) is 18.6 Å². The third-order valence-corrected chi connectivity index (χ3v) is 5.46. The number of thioether (sulfide) groups is 1. The summed E-state index contributed by atoms with van der Waals surface area (Å²) in [4.78, 5) is 4.69. The molecule has 0 spiro atoms. The van der Waals surface area contributed by atoms with Gasteiger partial charge in [-0.25, -0.2) is 4.99 Å². The van der Waals surface area contributed by atoms with Gasteiger partial charge in [0.15, 0.2) is 17.5 Å². The molecule has 1 atom stereocenters. The number of nitrogens with zero attached hydrogens (tertiary/aromatic N) is 1. The van der Waals surface area contributed by atoms with Crippen LogP contribution in [-0.4, -0.2) is 51.4 Å². The molecule has 0 radical (unpaired) electrons. The molecule has 0 bridgehead atoms. The molecule has 0 aromatic heterocycles. The third kappa shape index (κ3) is 5.63. The Morgan fingerprint density at radius 3 is 2.44 bits per heavy atom. The first-order valence-corrected chi connectivity index (χ1v) is 9.69. The summed E-state index contributed by atoms with van der Waals surface area (Å²) in [7, 11) is 4.89. The summed E-state index contributed by atoms with van der Waals surface area (Å²) in [6.07, 6.45) is 2.59. The van der Waals surface area contributed by atoms with Crippen molar-refractivity contribution < 1.29 is 14.2 Å². The minimum atomic E-state index is 0.497. The molecule has 6 nitrogen and oxygen atoms in total. The highest BCUT2D eigenvalue weighted by atomic mass is 32.2. The largest absolute Gasteiger partial charge is 0.496 e. The third-order valence-electron chi connectivity index (χ3n) is 4.06. The van der Waals surface area contributed by atoms with E-state index in [-0.39, 0.29) is 0 Å². The van der Waals surface area contributed by atoms with E-state index in [4.69, 9.17) is 19.2 Å². The van der Waals surface area contributed by atoms with Crippen molar-refractivity contribution in [3.8, 4) is 17.2 Å². The lowest BCUT2D eigenvalue weighted by Gasteiger charge is -2.16. The standard InChI is InChI=1S/C18H29N3O3S/c1-5-19-18(21-12-14-7-6-8-25-14)20-11-13-9-16(23-3)17(24-4)10-15(13)22-2/h9-10,14H,5-8,11-12H2,1-4H3,(H2,19,20,21). The van der Waals surface area contributed by atoms with Crippen molar-refractivity contribution in [2.75, 3.05) is 40.2 Å². The minimum absolute atomic E-state index is 0.497. The molecule has 1 fully saturated rings. The lowest BCUT2D eigenvalue weighted by molar-refractivity contribution is 0.347. The van der Waals surface area contributed by atoms with Crippen molar-refractivity contribution in [3.05, 3.63) is 17.7 Å². The topological polar surface area (TPSA) is 64.1 Å². The number of benzene rings is 1. The van der Waals surface area contributed by atoms with E-state index in [0.29, 0.717) is 23.3 Å². The van der Waals surface area contributed by atoms with Gasteiger partial charge in [0.25, 0.3) is 0 Å². The highest BCUT2D eigenvalue weighted by Crippen LogP contribution is 2.34. The summed E-state index contributed by atoms with van der Waals surface area (Å²) in [6.45, 7) is 4.33. The second-order valence-corrected chi connectivity index (χ2v) is 7.14. The molecule has 1 aromatic carbocycles. The van der Waals surface area contributed by atoms with Crippen molar-refractivity contribution >= 4 is 17.7 Å². The predicted molar refractivity (Wildman–Crippen MR) is 104 cm³/mol. The molecule has 1 aromatic rings. The zero-order chi connectivity index (χ0) is 18.1. The van der Waals surface area contributed by atoms with Crippen molar-refractivity contribution in [1.82, 2.24) is 10.6 Å². The number of guanidine groups is 1. The molecule has 140 valence electrons. The molecule has 0 aliphatic carbocycles. The normalized spacial score (nSPS) is 17.3. The summed E-state index contributed by atoms with van der Waals surface area (Å²) < 4.78 is 16.2. The molecule has 1 heterocycles. The summed E-state index contributed by atoms with van der Waals surface area (Å²) in [5.74, 6) is 4.16. The number of hydrogen-bond donors (Lipinski definition) is 2. The number of aliphatic imine (C=N–C) groups is 1. The van der Waals surface area contributed by atoms with Crippen LogP contribution in [0, 0.1) is 0 Å². The van der Waals surface area contributed by atoms with Gasteiger partial charge >= 0.3 is 0 Å². The fourth-order valence-corrected chi connectivity index (χ4v) is 3.94. The summed E-state index contributed by atoms with van der Waals surface area (Å²) in [5.41, 5.74) is 0.951. The number of ether oxygens (including phenoxy) is 3. The molecular formula is C18H29N3O3S. The molecule has 1 aliphatic rings. The Morgan fingerprint density at radius 1 is 1.12 bits per heavy atom. The van der Waals surface area contributed by atoms with Gasteiger partial charge in [0.05, 0.1) is 27.9 Å². The molecule has 1 aliphatic heterocycles. The average Bonchev–Trinajstić information content (AvgIpc) is 3.16. The van der Waals surface area contributed by atoms with E-state index in [1.54, 1.807) is 21.3 Å². The second kappa shape index (κ2) is 10.3. The Morgan fingerprint density at radius 2 is 1.84 bits per heavy atom. The molecular weight excluding hydrogens is 338 g/mol. The van der Waals surface area contributed by atoms with Crippen LogP contribution < -0.4 is 24.8 Å². The number of hydrogen-bond acceptors (Lipinski definition) is 5. The van der Waals surface area contributed by atoms with Crippen LogP contribution >= 0.6 is 11.8 Å². The molecule has 2 N–H and O–H groups in total. The van der Waals surface area contributed by atoms with Crippen molar-refractivity contribution in [3.63, 3.8) is 0 Å². The fraction of sp³-hybridized carbons (Fsp3) is 0.611. The Kier molecular flexibility index (Phi) is 8.04. The van der Waals surface area contributed by atoms with Crippen LogP contribution in [-0.2, 0) is 6.54 Å². The molecule has 0 amide bonds. The summed E-state index contributed by atoms with van der Waals surface area (Å²) in [6, 6.07) is 3.75. The van der Waals surface area contributed by atoms with Gasteiger partial charge in [0, 0.05) is 30.0 Å². The maximum atomic E-state index is 5.47. The van der Waals surface area contributed by atoms with Crippen molar-refractivity contribution in [1.29, 1.82) is 0 Å². The van der Waals surface area contributed by atoms with Gasteiger partial charge in [-0.3, -0.25) is 0 Å². The lowest BCUT2D eigenvalue weighted by Crippen LogP contribution is -2.40. The smallest absolute Gasteiger partial charge is 0.191 e. The number of nitrogens with one attached hydrogen (secondary N) is 2. The fourth-order valence-electron chi connectivity index (χ4n) is 2.74. The van der Waals surface area contributed by atoms with Gasteiger partial charge in [-0.15, -0.1) is 0 Å². The van der Waals surface area contributed by atoms with Gasteiger partial charge in [-0.2, -0.15) is 11.8 Å². The second-order valence-electron chi connectivity index (χ2n) is 5.73. The molecule has 7 heteroatoms. The summed E-state index contributed by atoms with van der Waals surface area (Å²) >= 11 is 2.04. The molecule has 25 heavy (non-hydrogen) atoms. The Bertz CT molecular complexity index is 575. The highest BCUT2D eigenvalue weighted by molar-refractivity contribution is 8.00. The average molecular weight is 368 g/mol. The zero-order valence-electron chi connectivity index (χ0n) is 15.6. The first kappa shape index (κ1) is 19.6. The van der Waals surface area contributed by atoms with Crippen LogP contribution in [0.4, 0.5) is 0 Å². The van der Waals surface area contributed by atoms with Gasteiger partial charge in [-0.05, 0) is 31.6 Å². The maximum Gasteiger partial charge on any atom is 0.191 e. The Labute approximate surface area is 154 Å². The molecule has 1 unspecified atom stereocenters. The molecule has 1 saturated heterocycles. The van der Waals surface area contributed by atoms with E-state index >= 15 is 0 Å². The van der Waals surface area contributed by atoms with Gasteiger partial charge in [-0.1, -0.05) is 0 Å². The quantitative estimate of drug-likeness (QED) is 0.544. The summed E-state index contributed by atoms with van der Waals surface area (Å²) in [5, 5.41) is 7.42. The predicted octanol–water partition coefficient (Wildman–Crippen LogP) is 2.66. The van der Waals surface area contributed by atoms with Crippen LogP contribution in [0.15, 0.2) is 17.1 Å². The molecule has 2 rings (SSSR count). The first-order valence-electron chi connectivity index (χ1n) is 8.64. The zero-order valence-corrected chi connectivity index (χ0v) is 16.4. The minimum Gasteiger partial charge on any atom is -0.496 e. The van der Waals surface area contributed by atoms with Crippen molar-refractivity contribution in [2.45, 2.75) is 31.6 Å². The van der Waals surface area contributed by atoms with Gasteiger partial charge in [0.1, 0.15) is 5.75 Å². The van der Waals surface area contributed by atoms with Gasteiger partial charge < -0.3 is 24.8 Å². The van der Waals surface area contributed by atoms with E-state index in [0.717, 1.165) is 30.4 Å². The van der Waals surface area contributed by atoms with Crippen molar-refractivity contribution in [2.24, 2.45) is 4.99 Å². The number of rotatable bonds is 8. The molecule has 0 saturated carbocycles. The van der Waals surface area contributed by atoms with Crippen LogP contribution in [0.1, 0.15) is 25.3 Å². The van der Waals surface area contributed by atoms with E-state index in [9.17, 15) is 0 Å². The van der Waals surface area contributed by atoms with Gasteiger partial charge in [0.2, 0.25) is 0 Å². The van der Waals surface area contributed by atoms with E-state index in [1.807, 2.05) is 23.9 Å². The number of methoxy groups -OCH3 is 3. The maximum absolute atomic E-state index is 5.47. The van der Waals surface area contributed by atoms with Crippen LogP contribution in [0.2, 0.25) is 0 Å². The monoisotopic (exact) mass is 367 g/mol. The first-order chi connectivity index (χ1) is 12.2. The van der Waals surface area contributed by atoms with Crippen LogP contribution in [0.25, 0.3) is 0 Å².